The molecule has 0 aromatic heterocycles. The van der Waals surface area contributed by atoms with Crippen molar-refractivity contribution in [1.82, 2.24) is 0 Å². The summed E-state index contributed by atoms with van der Waals surface area (Å²) in [5.41, 5.74) is 0. The highest BCUT2D eigenvalue weighted by Gasteiger charge is 2.30. The molecule has 0 amide bonds. The van der Waals surface area contributed by atoms with Gasteiger partial charge in [-0.3, -0.25) is 37.3 Å². The second-order valence-corrected chi connectivity index (χ2v) is 30.9. The molecule has 0 spiro atoms. The summed E-state index contributed by atoms with van der Waals surface area (Å²) in [4.78, 5) is 72.7. The van der Waals surface area contributed by atoms with Crippen molar-refractivity contribution < 1.29 is 80.2 Å². The highest BCUT2D eigenvalue weighted by Crippen LogP contribution is 2.45. The van der Waals surface area contributed by atoms with Gasteiger partial charge in [-0.15, -0.1) is 0 Å². The van der Waals surface area contributed by atoms with Crippen LogP contribution in [0, 0.1) is 23.7 Å². The van der Waals surface area contributed by atoms with E-state index in [0.29, 0.717) is 25.7 Å². The molecule has 17 nitrogen and oxygen atoms in total. The van der Waals surface area contributed by atoms with E-state index in [1.165, 1.54) is 161 Å². The van der Waals surface area contributed by atoms with Gasteiger partial charge in [0, 0.05) is 25.7 Å². The van der Waals surface area contributed by atoms with Crippen LogP contribution in [-0.4, -0.2) is 96.7 Å². The summed E-state index contributed by atoms with van der Waals surface area (Å²) < 4.78 is 68.4. The first kappa shape index (κ1) is 90.1. The molecule has 19 heteroatoms. The maximum absolute atomic E-state index is 13.0. The molecule has 0 saturated carbocycles. The summed E-state index contributed by atoms with van der Waals surface area (Å²) in [5, 5.41) is 10.6. The Morgan fingerprint density at radius 1 is 0.304 bits per heavy atom. The van der Waals surface area contributed by atoms with Crippen LogP contribution >= 0.6 is 15.6 Å². The Balaban J connectivity index is 5.24. The topological polar surface area (TPSA) is 237 Å². The number of hydrogen-bond acceptors (Lipinski definition) is 15. The van der Waals surface area contributed by atoms with Crippen molar-refractivity contribution in [2.45, 2.75) is 382 Å². The number of carbonyl (C=O) groups excluding carboxylic acids is 4. The molecule has 0 heterocycles. The lowest BCUT2D eigenvalue weighted by Gasteiger charge is -2.21. The fourth-order valence-corrected chi connectivity index (χ4v) is 12.6. The SMILES string of the molecule is CCC(C)CCCCCCCCC(=O)OC[C@H](COP(=O)(O)OC[C@H](O)COP(=O)(O)OC[C@@H](COC(=O)CCCCCCCCCCCCC(C)C)OC(=O)CCCCCCCCCCCC(C)C)OC(=O)CCCCCCCCCCCCCCCCC(C)C. The first-order valence-electron chi connectivity index (χ1n) is 37.7. The fraction of sp³-hybridized carbons (Fsp3) is 0.945. The third kappa shape index (κ3) is 65.4. The van der Waals surface area contributed by atoms with Crippen molar-refractivity contribution in [2.75, 3.05) is 39.6 Å². The van der Waals surface area contributed by atoms with Crippen molar-refractivity contribution >= 4 is 39.5 Å². The highest BCUT2D eigenvalue weighted by molar-refractivity contribution is 7.47. The standard InChI is InChI=1S/C73H142O17P2/c1-9-66(8)52-44-36-31-32-38-46-54-71(76)84-60-69(90-72(77)55-47-39-29-23-15-13-11-10-12-14-19-25-33-41-49-63(2)3)62-88-92(81,82)86-58-67(74)57-85-91(79,80)87-61-68(89-73(78)56-48-40-30-24-18-21-27-35-43-51-65(6)7)59-83-70(75)53-45-37-28-22-17-16-20-26-34-42-50-64(4)5/h63-69,74H,9-62H2,1-8H3,(H,79,80)(H,81,82)/t66?,67-,68-,69-/m1/s1. The number of phosphoric acid groups is 2. The second kappa shape index (κ2) is 62.6. The molecule has 0 aliphatic heterocycles. The largest absolute Gasteiger partial charge is 0.472 e. The number of ether oxygens (including phenoxy) is 4. The van der Waals surface area contributed by atoms with E-state index in [1.54, 1.807) is 0 Å². The van der Waals surface area contributed by atoms with E-state index >= 15 is 0 Å². The number of aliphatic hydroxyl groups excluding tert-OH is 1. The van der Waals surface area contributed by atoms with E-state index in [2.05, 4.69) is 55.4 Å². The first-order valence-corrected chi connectivity index (χ1v) is 40.7. The molecule has 0 fully saturated rings. The number of carbonyl (C=O) groups is 4. The van der Waals surface area contributed by atoms with Crippen LogP contribution in [0.1, 0.15) is 364 Å². The third-order valence-electron chi connectivity index (χ3n) is 17.2. The minimum Gasteiger partial charge on any atom is -0.462 e. The van der Waals surface area contributed by atoms with Crippen LogP contribution < -0.4 is 0 Å². The molecule has 0 aromatic rings. The van der Waals surface area contributed by atoms with Gasteiger partial charge >= 0.3 is 39.5 Å². The van der Waals surface area contributed by atoms with Crippen molar-refractivity contribution in [3.63, 3.8) is 0 Å². The predicted octanol–water partition coefficient (Wildman–Crippen LogP) is 20.9. The van der Waals surface area contributed by atoms with Crippen LogP contribution in [0.4, 0.5) is 0 Å². The molecule has 3 N–H and O–H groups in total. The van der Waals surface area contributed by atoms with Crippen LogP contribution in [-0.2, 0) is 65.4 Å². The van der Waals surface area contributed by atoms with Crippen molar-refractivity contribution in [3.05, 3.63) is 0 Å². The molecule has 0 saturated heterocycles. The normalized spacial score (nSPS) is 14.5. The van der Waals surface area contributed by atoms with Gasteiger partial charge in [0.15, 0.2) is 12.2 Å². The summed E-state index contributed by atoms with van der Waals surface area (Å²) in [5.74, 6) is 0.895. The Morgan fingerprint density at radius 2 is 0.522 bits per heavy atom. The number of rotatable bonds is 70. The van der Waals surface area contributed by atoms with E-state index in [1.807, 2.05) is 0 Å². The summed E-state index contributed by atoms with van der Waals surface area (Å²) in [6, 6.07) is 0. The van der Waals surface area contributed by atoms with Gasteiger partial charge < -0.3 is 33.8 Å². The zero-order valence-corrected chi connectivity index (χ0v) is 62.0. The van der Waals surface area contributed by atoms with Gasteiger partial charge in [0.25, 0.3) is 0 Å². The van der Waals surface area contributed by atoms with E-state index in [0.717, 1.165) is 120 Å². The van der Waals surface area contributed by atoms with Crippen LogP contribution in [0.5, 0.6) is 0 Å². The second-order valence-electron chi connectivity index (χ2n) is 28.0. The zero-order chi connectivity index (χ0) is 68.2. The number of hydrogen-bond donors (Lipinski definition) is 3. The van der Waals surface area contributed by atoms with Gasteiger partial charge in [0.05, 0.1) is 26.4 Å². The molecule has 6 atom stereocenters. The van der Waals surface area contributed by atoms with Gasteiger partial charge in [-0.05, 0) is 49.4 Å². The molecule has 92 heavy (non-hydrogen) atoms. The van der Waals surface area contributed by atoms with E-state index < -0.39 is 97.5 Å². The number of aliphatic hydroxyl groups is 1. The molecule has 546 valence electrons. The lowest BCUT2D eigenvalue weighted by Crippen LogP contribution is -2.30. The maximum Gasteiger partial charge on any atom is 0.472 e. The minimum absolute atomic E-state index is 0.105. The number of phosphoric ester groups is 2. The molecule has 3 unspecified atom stereocenters. The van der Waals surface area contributed by atoms with Crippen LogP contribution in [0.2, 0.25) is 0 Å². The molecule has 0 aliphatic carbocycles. The number of unbranched alkanes of at least 4 members (excludes halogenated alkanes) is 35. The van der Waals surface area contributed by atoms with Gasteiger partial charge in [-0.25, -0.2) is 9.13 Å². The Kier molecular flexibility index (Phi) is 61.3. The summed E-state index contributed by atoms with van der Waals surface area (Å²) in [6.45, 7) is 14.1. The molecular weight excluding hydrogens is 1210 g/mol. The fourth-order valence-electron chi connectivity index (χ4n) is 11.0. The molecular formula is C73H142O17P2. The Morgan fingerprint density at radius 3 is 0.772 bits per heavy atom. The molecule has 0 aliphatic rings. The van der Waals surface area contributed by atoms with Crippen LogP contribution in [0.3, 0.4) is 0 Å². The van der Waals surface area contributed by atoms with Crippen molar-refractivity contribution in [2.24, 2.45) is 23.7 Å². The average Bonchev–Trinajstić information content (AvgIpc) is 3.69. The monoisotopic (exact) mass is 1350 g/mol. The van der Waals surface area contributed by atoms with Crippen molar-refractivity contribution in [3.8, 4) is 0 Å². The van der Waals surface area contributed by atoms with Gasteiger partial charge in [0.2, 0.25) is 0 Å². The van der Waals surface area contributed by atoms with Gasteiger partial charge in [-0.1, -0.05) is 312 Å². The maximum atomic E-state index is 13.0. The van der Waals surface area contributed by atoms with Crippen molar-refractivity contribution in [1.29, 1.82) is 0 Å². The Hall–Kier alpha value is -1.94. The van der Waals surface area contributed by atoms with Gasteiger partial charge in [0.1, 0.15) is 19.3 Å². The summed E-state index contributed by atoms with van der Waals surface area (Å²) in [6.07, 6.45) is 45.8. The van der Waals surface area contributed by atoms with Crippen LogP contribution in [0.15, 0.2) is 0 Å². The number of esters is 4. The summed E-state index contributed by atoms with van der Waals surface area (Å²) >= 11 is 0. The average molecular weight is 1350 g/mol. The zero-order valence-electron chi connectivity index (χ0n) is 60.2. The minimum atomic E-state index is -4.95. The van der Waals surface area contributed by atoms with E-state index in [9.17, 15) is 43.2 Å². The van der Waals surface area contributed by atoms with E-state index in [4.69, 9.17) is 37.0 Å². The quantitative estimate of drug-likeness (QED) is 0.0222. The predicted molar refractivity (Wildman–Crippen MR) is 372 cm³/mol. The lowest BCUT2D eigenvalue weighted by atomic mass is 10.00. The van der Waals surface area contributed by atoms with Crippen LogP contribution in [0.25, 0.3) is 0 Å². The first-order chi connectivity index (χ1) is 44.1. The van der Waals surface area contributed by atoms with E-state index in [-0.39, 0.29) is 25.7 Å². The summed E-state index contributed by atoms with van der Waals surface area (Å²) in [7, 11) is -9.91. The molecule has 0 radical (unpaired) electrons. The molecule has 0 rings (SSSR count). The Bertz CT molecular complexity index is 1820. The lowest BCUT2D eigenvalue weighted by molar-refractivity contribution is -0.161. The third-order valence-corrected chi connectivity index (χ3v) is 19.1. The Labute approximate surface area is 562 Å². The highest BCUT2D eigenvalue weighted by atomic mass is 31.2. The van der Waals surface area contributed by atoms with Gasteiger partial charge in [-0.2, -0.15) is 0 Å². The molecule has 0 aromatic carbocycles. The smallest absolute Gasteiger partial charge is 0.462 e. The molecule has 0 bridgehead atoms.